The van der Waals surface area contributed by atoms with Crippen molar-refractivity contribution in [1.82, 2.24) is 4.90 Å². The van der Waals surface area contributed by atoms with Crippen LogP contribution < -0.4 is 5.73 Å². The Morgan fingerprint density at radius 2 is 1.93 bits per heavy atom. The first-order valence-electron chi connectivity index (χ1n) is 6.71. The molecule has 2 nitrogen and oxygen atoms in total. The number of hydrogen-bond acceptors (Lipinski definition) is 2. The summed E-state index contributed by atoms with van der Waals surface area (Å²) in [4.78, 5) is 2.71. The molecule has 0 bridgehead atoms. The molecule has 1 aliphatic carbocycles. The Morgan fingerprint density at radius 3 is 2.33 bits per heavy atom. The van der Waals surface area contributed by atoms with E-state index in [-0.39, 0.29) is 0 Å². The Hall–Kier alpha value is -0.0800. The van der Waals surface area contributed by atoms with Crippen LogP contribution in [0.1, 0.15) is 52.4 Å². The summed E-state index contributed by atoms with van der Waals surface area (Å²) in [6, 6.07) is 1.37. The standard InChI is InChI=1S/C13H26N2/c1-3-5-11(4-2)15-8-6-13(7-9-15)10-12(13)14/h11-12H,3-10,14H2,1-2H3. The Bertz CT molecular complexity index is 207. The van der Waals surface area contributed by atoms with Crippen LogP contribution in [0.15, 0.2) is 0 Å². The highest BCUT2D eigenvalue weighted by atomic mass is 15.2. The quantitative estimate of drug-likeness (QED) is 0.772. The van der Waals surface area contributed by atoms with Gasteiger partial charge in [-0.05, 0) is 50.6 Å². The predicted molar refractivity (Wildman–Crippen MR) is 64.8 cm³/mol. The van der Waals surface area contributed by atoms with Gasteiger partial charge in [0.05, 0.1) is 0 Å². The summed E-state index contributed by atoms with van der Waals surface area (Å²) < 4.78 is 0. The minimum atomic E-state index is 0.533. The fourth-order valence-corrected chi connectivity index (χ4v) is 3.27. The molecule has 1 saturated heterocycles. The van der Waals surface area contributed by atoms with E-state index in [9.17, 15) is 0 Å². The van der Waals surface area contributed by atoms with Gasteiger partial charge in [0.15, 0.2) is 0 Å². The average molecular weight is 210 g/mol. The van der Waals surface area contributed by atoms with E-state index in [1.54, 1.807) is 0 Å². The Morgan fingerprint density at radius 1 is 1.33 bits per heavy atom. The van der Waals surface area contributed by atoms with E-state index in [0.717, 1.165) is 6.04 Å². The molecule has 0 aromatic rings. The van der Waals surface area contributed by atoms with E-state index < -0.39 is 0 Å². The summed E-state index contributed by atoms with van der Waals surface area (Å²) >= 11 is 0. The summed E-state index contributed by atoms with van der Waals surface area (Å²) in [5, 5.41) is 0. The lowest BCUT2D eigenvalue weighted by Gasteiger charge is -2.37. The van der Waals surface area contributed by atoms with Gasteiger partial charge in [0.25, 0.3) is 0 Å². The fourth-order valence-electron chi connectivity index (χ4n) is 3.27. The maximum Gasteiger partial charge on any atom is 0.0103 e. The number of rotatable bonds is 4. The van der Waals surface area contributed by atoms with E-state index in [4.69, 9.17) is 5.73 Å². The number of nitrogens with zero attached hydrogens (tertiary/aromatic N) is 1. The average Bonchev–Trinajstić information content (AvgIpc) is 2.87. The molecule has 2 aliphatic rings. The highest BCUT2D eigenvalue weighted by Crippen LogP contribution is 2.52. The number of likely N-dealkylation sites (tertiary alicyclic amines) is 1. The predicted octanol–water partition coefficient (Wildman–Crippen LogP) is 2.38. The Kier molecular flexibility index (Phi) is 3.36. The van der Waals surface area contributed by atoms with Crippen molar-refractivity contribution in [3.05, 3.63) is 0 Å². The molecule has 2 N–H and O–H groups in total. The van der Waals surface area contributed by atoms with E-state index in [2.05, 4.69) is 18.7 Å². The Balaban J connectivity index is 1.81. The topological polar surface area (TPSA) is 29.3 Å². The number of piperidine rings is 1. The second kappa shape index (κ2) is 4.42. The van der Waals surface area contributed by atoms with Crippen molar-refractivity contribution in [3.63, 3.8) is 0 Å². The lowest BCUT2D eigenvalue weighted by Crippen LogP contribution is -2.42. The molecule has 2 unspecified atom stereocenters. The van der Waals surface area contributed by atoms with Gasteiger partial charge in [-0.1, -0.05) is 20.3 Å². The third-order valence-corrected chi connectivity index (χ3v) is 4.66. The molecule has 2 heteroatoms. The van der Waals surface area contributed by atoms with Crippen LogP contribution >= 0.6 is 0 Å². The van der Waals surface area contributed by atoms with Gasteiger partial charge in [0, 0.05) is 12.1 Å². The molecule has 88 valence electrons. The molecule has 1 aliphatic heterocycles. The molecule has 1 heterocycles. The minimum Gasteiger partial charge on any atom is -0.327 e. The van der Waals surface area contributed by atoms with Crippen molar-refractivity contribution < 1.29 is 0 Å². The lowest BCUT2D eigenvalue weighted by atomic mass is 9.91. The van der Waals surface area contributed by atoms with Crippen molar-refractivity contribution in [2.45, 2.75) is 64.5 Å². The van der Waals surface area contributed by atoms with Crippen LogP contribution in [0.2, 0.25) is 0 Å². The first-order valence-corrected chi connectivity index (χ1v) is 6.71. The van der Waals surface area contributed by atoms with Crippen molar-refractivity contribution in [3.8, 4) is 0 Å². The third-order valence-electron chi connectivity index (χ3n) is 4.66. The van der Waals surface area contributed by atoms with Gasteiger partial charge in [-0.3, -0.25) is 0 Å². The summed E-state index contributed by atoms with van der Waals surface area (Å²) in [7, 11) is 0. The maximum atomic E-state index is 6.03. The van der Waals surface area contributed by atoms with Crippen LogP contribution in [0, 0.1) is 5.41 Å². The normalized spacial score (nSPS) is 31.8. The zero-order chi connectivity index (χ0) is 10.9. The molecule has 1 saturated carbocycles. The largest absolute Gasteiger partial charge is 0.327 e. The van der Waals surface area contributed by atoms with Gasteiger partial charge >= 0.3 is 0 Å². The summed E-state index contributed by atoms with van der Waals surface area (Å²) in [6.45, 7) is 7.22. The summed E-state index contributed by atoms with van der Waals surface area (Å²) in [5.41, 5.74) is 6.61. The molecule has 0 radical (unpaired) electrons. The van der Waals surface area contributed by atoms with Crippen LogP contribution in [0.3, 0.4) is 0 Å². The molecule has 0 aromatic heterocycles. The van der Waals surface area contributed by atoms with E-state index >= 15 is 0 Å². The van der Waals surface area contributed by atoms with Crippen molar-refractivity contribution in [2.75, 3.05) is 13.1 Å². The summed E-state index contributed by atoms with van der Waals surface area (Å²) in [6.07, 6.45) is 8.01. The first-order chi connectivity index (χ1) is 7.22. The van der Waals surface area contributed by atoms with Crippen LogP contribution in [-0.4, -0.2) is 30.1 Å². The van der Waals surface area contributed by atoms with Gasteiger partial charge in [-0.15, -0.1) is 0 Å². The monoisotopic (exact) mass is 210 g/mol. The lowest BCUT2D eigenvalue weighted by molar-refractivity contribution is 0.112. The highest BCUT2D eigenvalue weighted by Gasteiger charge is 2.52. The molecule has 0 aromatic carbocycles. The molecule has 0 amide bonds. The molecule has 15 heavy (non-hydrogen) atoms. The SMILES string of the molecule is CCCC(CC)N1CCC2(CC1)CC2N. The van der Waals surface area contributed by atoms with Gasteiger partial charge in [0.2, 0.25) is 0 Å². The first kappa shape index (κ1) is 11.4. The van der Waals surface area contributed by atoms with Gasteiger partial charge in [-0.2, -0.15) is 0 Å². The molecule has 2 atom stereocenters. The van der Waals surface area contributed by atoms with Crippen molar-refractivity contribution >= 4 is 0 Å². The maximum absolute atomic E-state index is 6.03. The minimum absolute atomic E-state index is 0.533. The van der Waals surface area contributed by atoms with Gasteiger partial charge in [0.1, 0.15) is 0 Å². The zero-order valence-electron chi connectivity index (χ0n) is 10.3. The second-order valence-corrected chi connectivity index (χ2v) is 5.56. The molecule has 2 rings (SSSR count). The van der Waals surface area contributed by atoms with Crippen LogP contribution in [0.4, 0.5) is 0 Å². The van der Waals surface area contributed by atoms with Crippen molar-refractivity contribution in [2.24, 2.45) is 11.1 Å². The molecular weight excluding hydrogens is 184 g/mol. The Labute approximate surface area is 94.2 Å². The van der Waals surface area contributed by atoms with E-state index in [0.29, 0.717) is 11.5 Å². The summed E-state index contributed by atoms with van der Waals surface area (Å²) in [5.74, 6) is 0. The number of hydrogen-bond donors (Lipinski definition) is 1. The van der Waals surface area contributed by atoms with Gasteiger partial charge in [-0.25, -0.2) is 0 Å². The number of nitrogens with two attached hydrogens (primary N) is 1. The van der Waals surface area contributed by atoms with Crippen molar-refractivity contribution in [1.29, 1.82) is 0 Å². The smallest absolute Gasteiger partial charge is 0.0103 e. The van der Waals surface area contributed by atoms with E-state index in [1.807, 2.05) is 0 Å². The highest BCUT2D eigenvalue weighted by molar-refractivity contribution is 5.08. The molecule has 1 spiro atoms. The fraction of sp³-hybridized carbons (Fsp3) is 1.00. The third kappa shape index (κ3) is 2.21. The van der Waals surface area contributed by atoms with E-state index in [1.165, 1.54) is 51.6 Å². The van der Waals surface area contributed by atoms with Crippen LogP contribution in [0.5, 0.6) is 0 Å². The molecule has 2 fully saturated rings. The van der Waals surface area contributed by atoms with Crippen LogP contribution in [0.25, 0.3) is 0 Å². The van der Waals surface area contributed by atoms with Crippen LogP contribution in [-0.2, 0) is 0 Å². The van der Waals surface area contributed by atoms with Gasteiger partial charge < -0.3 is 10.6 Å². The second-order valence-electron chi connectivity index (χ2n) is 5.56. The molecular formula is C13H26N2. The zero-order valence-corrected chi connectivity index (χ0v) is 10.3.